The molecule has 5 nitrogen and oxygen atoms in total. The summed E-state index contributed by atoms with van der Waals surface area (Å²) in [5.74, 6) is 0. The van der Waals surface area contributed by atoms with Gasteiger partial charge in [-0.25, -0.2) is 0 Å². The lowest BCUT2D eigenvalue weighted by molar-refractivity contribution is 0.0116. The van der Waals surface area contributed by atoms with Crippen LogP contribution in [-0.4, -0.2) is 72.4 Å². The van der Waals surface area contributed by atoms with Crippen LogP contribution in [0.15, 0.2) is 0 Å². The Morgan fingerprint density at radius 2 is 1.80 bits per heavy atom. The third-order valence-electron chi connectivity index (χ3n) is 1.96. The average molecular weight is 221 g/mol. The monoisotopic (exact) mass is 221 g/mol. The van der Waals surface area contributed by atoms with Crippen molar-refractivity contribution in [3.63, 3.8) is 0 Å². The molecule has 0 saturated carbocycles. The van der Waals surface area contributed by atoms with Gasteiger partial charge >= 0.3 is 0 Å². The maximum atomic E-state index is 9.57. The Morgan fingerprint density at radius 1 is 1.20 bits per heavy atom. The minimum Gasteiger partial charge on any atom is -0.395 e. The van der Waals surface area contributed by atoms with E-state index in [0.717, 1.165) is 6.42 Å². The summed E-state index contributed by atoms with van der Waals surface area (Å²) in [6, 6.07) is 0. The SMILES string of the molecule is CCCOCC(O)CN(CCO)CCO. The Labute approximate surface area is 91.3 Å². The van der Waals surface area contributed by atoms with Crippen molar-refractivity contribution in [2.24, 2.45) is 0 Å². The van der Waals surface area contributed by atoms with Gasteiger partial charge in [-0.3, -0.25) is 4.90 Å². The van der Waals surface area contributed by atoms with Crippen LogP contribution >= 0.6 is 0 Å². The molecule has 3 N–H and O–H groups in total. The van der Waals surface area contributed by atoms with Crippen LogP contribution in [0, 0.1) is 0 Å². The lowest BCUT2D eigenvalue weighted by Crippen LogP contribution is -2.38. The van der Waals surface area contributed by atoms with Gasteiger partial charge in [0.15, 0.2) is 0 Å². The Hall–Kier alpha value is -0.200. The fraction of sp³-hybridized carbons (Fsp3) is 1.00. The summed E-state index contributed by atoms with van der Waals surface area (Å²) in [6.07, 6.45) is 0.374. The summed E-state index contributed by atoms with van der Waals surface area (Å²) < 4.78 is 5.20. The van der Waals surface area contributed by atoms with E-state index in [1.807, 2.05) is 6.92 Å². The molecule has 92 valence electrons. The molecular weight excluding hydrogens is 198 g/mol. The fourth-order valence-corrected chi connectivity index (χ4v) is 1.29. The number of nitrogens with zero attached hydrogens (tertiary/aromatic N) is 1. The average Bonchev–Trinajstić information content (AvgIpc) is 2.19. The standard InChI is InChI=1S/C10H23NO4/c1-2-7-15-9-10(14)8-11(3-5-12)4-6-13/h10,12-14H,2-9H2,1H3. The van der Waals surface area contributed by atoms with Crippen molar-refractivity contribution in [2.75, 3.05) is 46.1 Å². The van der Waals surface area contributed by atoms with E-state index in [1.165, 1.54) is 0 Å². The Kier molecular flexibility index (Phi) is 10.2. The zero-order valence-electron chi connectivity index (χ0n) is 9.43. The molecule has 1 atom stereocenters. The maximum absolute atomic E-state index is 9.57. The van der Waals surface area contributed by atoms with Gasteiger partial charge in [-0.15, -0.1) is 0 Å². The molecule has 0 bridgehead atoms. The van der Waals surface area contributed by atoms with Crippen LogP contribution in [0.4, 0.5) is 0 Å². The molecule has 0 amide bonds. The molecule has 1 unspecified atom stereocenters. The molecule has 0 saturated heterocycles. The molecular formula is C10H23NO4. The predicted molar refractivity (Wildman–Crippen MR) is 57.7 cm³/mol. The Morgan fingerprint density at radius 3 is 2.27 bits per heavy atom. The highest BCUT2D eigenvalue weighted by molar-refractivity contribution is 4.63. The molecule has 5 heteroatoms. The molecule has 0 aliphatic carbocycles. The van der Waals surface area contributed by atoms with Crippen LogP contribution in [0.25, 0.3) is 0 Å². The van der Waals surface area contributed by atoms with Crippen LogP contribution in [-0.2, 0) is 4.74 Å². The van der Waals surface area contributed by atoms with Crippen molar-refractivity contribution in [3.05, 3.63) is 0 Å². The predicted octanol–water partition coefficient (Wildman–Crippen LogP) is -0.939. The number of aliphatic hydroxyl groups is 3. The first-order valence-electron chi connectivity index (χ1n) is 5.44. The van der Waals surface area contributed by atoms with Crippen LogP contribution in [0.3, 0.4) is 0 Å². The van der Waals surface area contributed by atoms with E-state index in [0.29, 0.717) is 32.8 Å². The number of ether oxygens (including phenoxy) is 1. The van der Waals surface area contributed by atoms with Crippen LogP contribution in [0.2, 0.25) is 0 Å². The number of hydrogen-bond donors (Lipinski definition) is 3. The Bertz CT molecular complexity index is 129. The van der Waals surface area contributed by atoms with Crippen LogP contribution < -0.4 is 0 Å². The molecule has 15 heavy (non-hydrogen) atoms. The third kappa shape index (κ3) is 8.77. The maximum Gasteiger partial charge on any atom is 0.0900 e. The van der Waals surface area contributed by atoms with Gasteiger partial charge in [0, 0.05) is 26.2 Å². The summed E-state index contributed by atoms with van der Waals surface area (Å²) in [4.78, 5) is 1.81. The first-order chi connectivity index (χ1) is 7.24. The first-order valence-corrected chi connectivity index (χ1v) is 5.44. The Balaban J connectivity index is 3.62. The van der Waals surface area contributed by atoms with E-state index in [4.69, 9.17) is 14.9 Å². The van der Waals surface area contributed by atoms with Crippen molar-refractivity contribution in [1.29, 1.82) is 0 Å². The molecule has 0 aliphatic heterocycles. The fourth-order valence-electron chi connectivity index (χ4n) is 1.29. The highest BCUT2D eigenvalue weighted by Crippen LogP contribution is 1.94. The quantitative estimate of drug-likeness (QED) is 0.415. The number of aliphatic hydroxyl groups excluding tert-OH is 3. The summed E-state index contributed by atoms with van der Waals surface area (Å²) in [5, 5.41) is 27.1. The topological polar surface area (TPSA) is 73.2 Å². The van der Waals surface area contributed by atoms with Crippen molar-refractivity contribution in [1.82, 2.24) is 4.90 Å². The van der Waals surface area contributed by atoms with Gasteiger partial charge in [0.05, 0.1) is 25.9 Å². The van der Waals surface area contributed by atoms with Gasteiger partial charge in [-0.2, -0.15) is 0 Å². The van der Waals surface area contributed by atoms with E-state index < -0.39 is 6.10 Å². The van der Waals surface area contributed by atoms with Gasteiger partial charge < -0.3 is 20.1 Å². The van der Waals surface area contributed by atoms with Crippen LogP contribution in [0.1, 0.15) is 13.3 Å². The third-order valence-corrected chi connectivity index (χ3v) is 1.96. The van der Waals surface area contributed by atoms with E-state index in [9.17, 15) is 5.11 Å². The molecule has 0 aliphatic rings. The second-order valence-electron chi connectivity index (χ2n) is 3.48. The van der Waals surface area contributed by atoms with Crippen molar-refractivity contribution in [3.8, 4) is 0 Å². The number of hydrogen-bond acceptors (Lipinski definition) is 5. The molecule has 0 aromatic rings. The van der Waals surface area contributed by atoms with Gasteiger partial charge in [-0.05, 0) is 6.42 Å². The van der Waals surface area contributed by atoms with E-state index in [-0.39, 0.29) is 13.2 Å². The molecule has 0 heterocycles. The smallest absolute Gasteiger partial charge is 0.0900 e. The summed E-state index contributed by atoms with van der Waals surface area (Å²) in [7, 11) is 0. The summed E-state index contributed by atoms with van der Waals surface area (Å²) in [6.45, 7) is 4.38. The normalized spacial score (nSPS) is 13.4. The van der Waals surface area contributed by atoms with Gasteiger partial charge in [0.2, 0.25) is 0 Å². The van der Waals surface area contributed by atoms with E-state index >= 15 is 0 Å². The molecule has 0 radical (unpaired) electrons. The molecule has 0 spiro atoms. The molecule has 0 aromatic carbocycles. The highest BCUT2D eigenvalue weighted by atomic mass is 16.5. The zero-order valence-corrected chi connectivity index (χ0v) is 9.43. The second-order valence-corrected chi connectivity index (χ2v) is 3.48. The van der Waals surface area contributed by atoms with Crippen molar-refractivity contribution in [2.45, 2.75) is 19.4 Å². The first kappa shape index (κ1) is 14.8. The van der Waals surface area contributed by atoms with Crippen LogP contribution in [0.5, 0.6) is 0 Å². The van der Waals surface area contributed by atoms with Crippen molar-refractivity contribution < 1.29 is 20.1 Å². The minimum atomic E-state index is -0.561. The lowest BCUT2D eigenvalue weighted by atomic mass is 10.3. The summed E-state index contributed by atoms with van der Waals surface area (Å²) in [5.41, 5.74) is 0. The molecule has 0 aromatic heterocycles. The molecule has 0 fully saturated rings. The lowest BCUT2D eigenvalue weighted by Gasteiger charge is -2.23. The van der Waals surface area contributed by atoms with Gasteiger partial charge in [0.25, 0.3) is 0 Å². The zero-order chi connectivity index (χ0) is 11.5. The minimum absolute atomic E-state index is 0.0303. The molecule has 0 rings (SSSR count). The van der Waals surface area contributed by atoms with Crippen molar-refractivity contribution >= 4 is 0 Å². The number of rotatable bonds is 10. The van der Waals surface area contributed by atoms with Gasteiger partial charge in [-0.1, -0.05) is 6.92 Å². The van der Waals surface area contributed by atoms with E-state index in [2.05, 4.69) is 0 Å². The second kappa shape index (κ2) is 10.3. The van der Waals surface area contributed by atoms with E-state index in [1.54, 1.807) is 4.90 Å². The summed E-state index contributed by atoms with van der Waals surface area (Å²) >= 11 is 0. The largest absolute Gasteiger partial charge is 0.395 e. The van der Waals surface area contributed by atoms with Gasteiger partial charge in [0.1, 0.15) is 0 Å². The highest BCUT2D eigenvalue weighted by Gasteiger charge is 2.10.